The van der Waals surface area contributed by atoms with Crippen LogP contribution in [0.2, 0.25) is 0 Å². The number of amides is 1. The molecule has 1 atom stereocenters. The van der Waals surface area contributed by atoms with Crippen LogP contribution in [0.1, 0.15) is 52.4 Å². The maximum atomic E-state index is 11.2. The summed E-state index contributed by atoms with van der Waals surface area (Å²) in [6.45, 7) is 3.92. The zero-order valence-electron chi connectivity index (χ0n) is 10.9. The molecule has 94 valence electrons. The fraction of sp³-hybridized carbons (Fsp3) is 0.769. The van der Waals surface area contributed by atoms with Gasteiger partial charge in [-0.15, -0.1) is 0 Å². The predicted molar refractivity (Wildman–Crippen MR) is 69.2 cm³/mol. The molecule has 0 rings (SSSR count). The van der Waals surface area contributed by atoms with E-state index in [0.29, 0.717) is 0 Å². The van der Waals surface area contributed by atoms with Crippen molar-refractivity contribution in [2.24, 2.45) is 5.73 Å². The Morgan fingerprint density at radius 1 is 1.31 bits per heavy atom. The third kappa shape index (κ3) is 5.91. The van der Waals surface area contributed by atoms with E-state index >= 15 is 0 Å². The van der Waals surface area contributed by atoms with Crippen LogP contribution in [-0.2, 0) is 4.79 Å². The number of carbonyl (C=O) groups is 1. The molecule has 0 aromatic carbocycles. The summed E-state index contributed by atoms with van der Waals surface area (Å²) in [5.74, 6) is -0.260. The second kappa shape index (κ2) is 8.34. The summed E-state index contributed by atoms with van der Waals surface area (Å²) in [5.41, 5.74) is 4.81. The summed E-state index contributed by atoms with van der Waals surface area (Å²) in [6.07, 6.45) is 10.9. The molecule has 0 bridgehead atoms. The molecule has 3 N–H and O–H groups in total. The summed E-state index contributed by atoms with van der Waals surface area (Å²) in [6, 6.07) is 0. The number of unbranched alkanes of at least 4 members (excludes halogenated alkanes) is 4. The van der Waals surface area contributed by atoms with Gasteiger partial charge in [-0.1, -0.05) is 31.4 Å². The van der Waals surface area contributed by atoms with Crippen molar-refractivity contribution in [2.45, 2.75) is 57.9 Å². The highest BCUT2D eigenvalue weighted by Gasteiger charge is 2.27. The Hall–Kier alpha value is -0.830. The maximum Gasteiger partial charge on any atom is 0.237 e. The molecule has 0 aliphatic rings. The van der Waals surface area contributed by atoms with Crippen LogP contribution in [-0.4, -0.2) is 18.5 Å². The minimum atomic E-state index is -0.538. The average molecular weight is 226 g/mol. The standard InChI is InChI=1S/C13H26N2O/c1-4-5-6-7-8-9-10-11-13(2,15-3)12(14)16/h4-5,15H,6-11H2,1-3H3,(H2,14,16)/b5-4+. The minimum absolute atomic E-state index is 0.260. The number of primary amides is 1. The fourth-order valence-corrected chi connectivity index (χ4v) is 1.63. The third-order valence-corrected chi connectivity index (χ3v) is 3.13. The molecule has 3 nitrogen and oxygen atoms in total. The van der Waals surface area contributed by atoms with Crippen LogP contribution in [0, 0.1) is 0 Å². The first-order valence-corrected chi connectivity index (χ1v) is 6.17. The van der Waals surface area contributed by atoms with Gasteiger partial charge in [-0.05, 0) is 40.2 Å². The molecule has 3 heteroatoms. The fourth-order valence-electron chi connectivity index (χ4n) is 1.63. The number of nitrogens with one attached hydrogen (secondary N) is 1. The van der Waals surface area contributed by atoms with E-state index in [9.17, 15) is 4.79 Å². The highest BCUT2D eigenvalue weighted by atomic mass is 16.1. The van der Waals surface area contributed by atoms with Crippen LogP contribution in [0.5, 0.6) is 0 Å². The molecule has 0 aromatic heterocycles. The van der Waals surface area contributed by atoms with Crippen LogP contribution < -0.4 is 11.1 Å². The van der Waals surface area contributed by atoms with Crippen LogP contribution >= 0.6 is 0 Å². The van der Waals surface area contributed by atoms with Gasteiger partial charge in [-0.3, -0.25) is 4.79 Å². The Morgan fingerprint density at radius 2 is 1.94 bits per heavy atom. The molecule has 1 unspecified atom stereocenters. The predicted octanol–water partition coefficient (Wildman–Crippen LogP) is 2.37. The highest BCUT2D eigenvalue weighted by molar-refractivity contribution is 5.84. The molecular weight excluding hydrogens is 200 g/mol. The number of allylic oxidation sites excluding steroid dienone is 2. The quantitative estimate of drug-likeness (QED) is 0.468. The van der Waals surface area contributed by atoms with Crippen molar-refractivity contribution < 1.29 is 4.79 Å². The lowest BCUT2D eigenvalue weighted by Gasteiger charge is -2.25. The number of hydrogen-bond acceptors (Lipinski definition) is 2. The van der Waals surface area contributed by atoms with E-state index < -0.39 is 5.54 Å². The van der Waals surface area contributed by atoms with E-state index in [1.165, 1.54) is 19.3 Å². The van der Waals surface area contributed by atoms with Crippen LogP contribution in [0.15, 0.2) is 12.2 Å². The van der Waals surface area contributed by atoms with Crippen LogP contribution in [0.3, 0.4) is 0 Å². The van der Waals surface area contributed by atoms with Crippen molar-refractivity contribution in [3.05, 3.63) is 12.2 Å². The van der Waals surface area contributed by atoms with Gasteiger partial charge in [-0.25, -0.2) is 0 Å². The summed E-state index contributed by atoms with van der Waals surface area (Å²) < 4.78 is 0. The largest absolute Gasteiger partial charge is 0.368 e. The van der Waals surface area contributed by atoms with Crippen molar-refractivity contribution >= 4 is 5.91 Å². The lowest BCUT2D eigenvalue weighted by molar-refractivity contribution is -0.123. The van der Waals surface area contributed by atoms with E-state index in [1.807, 2.05) is 13.8 Å². The van der Waals surface area contributed by atoms with Gasteiger partial charge in [0.2, 0.25) is 5.91 Å². The maximum absolute atomic E-state index is 11.2. The molecule has 0 aliphatic carbocycles. The first-order valence-electron chi connectivity index (χ1n) is 6.17. The molecular formula is C13H26N2O. The number of likely N-dealkylation sites (N-methyl/N-ethyl adjacent to an activating group) is 1. The van der Waals surface area contributed by atoms with Gasteiger partial charge < -0.3 is 11.1 Å². The molecule has 0 aromatic rings. The van der Waals surface area contributed by atoms with Gasteiger partial charge in [-0.2, -0.15) is 0 Å². The summed E-state index contributed by atoms with van der Waals surface area (Å²) >= 11 is 0. The molecule has 0 saturated heterocycles. The Balaban J connectivity index is 3.60. The highest BCUT2D eigenvalue weighted by Crippen LogP contribution is 2.15. The number of hydrogen-bond donors (Lipinski definition) is 2. The lowest BCUT2D eigenvalue weighted by Crippen LogP contribution is -2.51. The summed E-state index contributed by atoms with van der Waals surface area (Å²) in [5, 5.41) is 3.00. The molecule has 16 heavy (non-hydrogen) atoms. The molecule has 0 aliphatic heterocycles. The summed E-state index contributed by atoms with van der Waals surface area (Å²) in [4.78, 5) is 11.2. The topological polar surface area (TPSA) is 55.1 Å². The number of nitrogens with two attached hydrogens (primary N) is 1. The Morgan fingerprint density at radius 3 is 2.44 bits per heavy atom. The Bertz CT molecular complexity index is 226. The molecule has 0 saturated carbocycles. The normalized spacial score (nSPS) is 15.2. The first-order chi connectivity index (χ1) is 7.56. The molecule has 0 fully saturated rings. The monoisotopic (exact) mass is 226 g/mol. The van der Waals surface area contributed by atoms with Gasteiger partial charge in [0.05, 0.1) is 5.54 Å². The van der Waals surface area contributed by atoms with Gasteiger partial charge >= 0.3 is 0 Å². The van der Waals surface area contributed by atoms with Crippen molar-refractivity contribution in [2.75, 3.05) is 7.05 Å². The Kier molecular flexibility index (Phi) is 7.90. The third-order valence-electron chi connectivity index (χ3n) is 3.13. The van der Waals surface area contributed by atoms with Gasteiger partial charge in [0, 0.05) is 0 Å². The smallest absolute Gasteiger partial charge is 0.237 e. The van der Waals surface area contributed by atoms with Gasteiger partial charge in [0.1, 0.15) is 0 Å². The van der Waals surface area contributed by atoms with E-state index in [2.05, 4.69) is 17.5 Å². The van der Waals surface area contributed by atoms with Crippen LogP contribution in [0.25, 0.3) is 0 Å². The second-order valence-corrected chi connectivity index (χ2v) is 4.47. The molecule has 1 amide bonds. The van der Waals surface area contributed by atoms with Crippen molar-refractivity contribution in [1.82, 2.24) is 5.32 Å². The van der Waals surface area contributed by atoms with E-state index in [0.717, 1.165) is 19.3 Å². The van der Waals surface area contributed by atoms with Crippen molar-refractivity contribution in [3.63, 3.8) is 0 Å². The van der Waals surface area contributed by atoms with E-state index in [1.54, 1.807) is 7.05 Å². The SMILES string of the molecule is C/C=C/CCCCCCC(C)(NC)C(N)=O. The van der Waals surface area contributed by atoms with Crippen LogP contribution in [0.4, 0.5) is 0 Å². The number of rotatable bonds is 9. The summed E-state index contributed by atoms with van der Waals surface area (Å²) in [7, 11) is 1.79. The lowest BCUT2D eigenvalue weighted by atomic mass is 9.93. The zero-order valence-corrected chi connectivity index (χ0v) is 10.9. The van der Waals surface area contributed by atoms with Crippen molar-refractivity contribution in [1.29, 1.82) is 0 Å². The molecule has 0 spiro atoms. The molecule has 0 heterocycles. The first kappa shape index (κ1) is 15.2. The van der Waals surface area contributed by atoms with Gasteiger partial charge in [0.25, 0.3) is 0 Å². The zero-order chi connectivity index (χ0) is 12.4. The minimum Gasteiger partial charge on any atom is -0.368 e. The van der Waals surface area contributed by atoms with E-state index in [4.69, 9.17) is 5.73 Å². The number of carbonyl (C=O) groups excluding carboxylic acids is 1. The average Bonchev–Trinajstić information content (AvgIpc) is 2.27. The second-order valence-electron chi connectivity index (χ2n) is 4.47. The van der Waals surface area contributed by atoms with E-state index in [-0.39, 0.29) is 5.91 Å². The molecule has 0 radical (unpaired) electrons. The Labute approximate surface area is 99.5 Å². The van der Waals surface area contributed by atoms with Gasteiger partial charge in [0.15, 0.2) is 0 Å². The van der Waals surface area contributed by atoms with Crippen molar-refractivity contribution in [3.8, 4) is 0 Å².